The van der Waals surface area contributed by atoms with Crippen LogP contribution in [-0.4, -0.2) is 19.3 Å². The van der Waals surface area contributed by atoms with Gasteiger partial charge in [0, 0.05) is 31.7 Å². The van der Waals surface area contributed by atoms with E-state index in [4.69, 9.17) is 0 Å². The van der Waals surface area contributed by atoms with Gasteiger partial charge < -0.3 is 9.88 Å². The van der Waals surface area contributed by atoms with Crippen LogP contribution in [-0.2, 0) is 7.05 Å². The van der Waals surface area contributed by atoms with Gasteiger partial charge >= 0.3 is 0 Å². The highest BCUT2D eigenvalue weighted by atomic mass is 15.3. The van der Waals surface area contributed by atoms with Crippen molar-refractivity contribution in [2.75, 3.05) is 5.32 Å². The van der Waals surface area contributed by atoms with E-state index in [9.17, 15) is 0 Å². The Morgan fingerprint density at radius 1 is 1.29 bits per heavy atom. The van der Waals surface area contributed by atoms with Gasteiger partial charge in [0.15, 0.2) is 0 Å². The molecule has 1 N–H and O–H groups in total. The molecule has 0 aliphatic rings. The minimum Gasteiger partial charge on any atom is -0.373 e. The SMILES string of the molecule is CC(Nc1cnn(C(C)C)c1)c1nccn1C. The number of nitrogens with zero attached hydrogens (tertiary/aromatic N) is 4. The summed E-state index contributed by atoms with van der Waals surface area (Å²) in [6.07, 6.45) is 7.62. The summed E-state index contributed by atoms with van der Waals surface area (Å²) < 4.78 is 3.96. The van der Waals surface area contributed by atoms with E-state index in [1.54, 1.807) is 0 Å². The van der Waals surface area contributed by atoms with Crippen molar-refractivity contribution in [2.45, 2.75) is 32.9 Å². The minimum absolute atomic E-state index is 0.166. The summed E-state index contributed by atoms with van der Waals surface area (Å²) in [5, 5.41) is 7.69. The van der Waals surface area contributed by atoms with Gasteiger partial charge in [0.05, 0.1) is 17.9 Å². The molecule has 2 rings (SSSR count). The van der Waals surface area contributed by atoms with Crippen LogP contribution >= 0.6 is 0 Å². The topological polar surface area (TPSA) is 47.7 Å². The molecule has 1 atom stereocenters. The first-order valence-electron chi connectivity index (χ1n) is 5.86. The van der Waals surface area contributed by atoms with E-state index in [2.05, 4.69) is 36.2 Å². The predicted molar refractivity (Wildman–Crippen MR) is 67.9 cm³/mol. The van der Waals surface area contributed by atoms with Crippen molar-refractivity contribution in [3.63, 3.8) is 0 Å². The van der Waals surface area contributed by atoms with E-state index in [-0.39, 0.29) is 6.04 Å². The van der Waals surface area contributed by atoms with E-state index >= 15 is 0 Å². The van der Waals surface area contributed by atoms with Crippen LogP contribution in [0.2, 0.25) is 0 Å². The lowest BCUT2D eigenvalue weighted by Crippen LogP contribution is -2.11. The Kier molecular flexibility index (Phi) is 3.17. The summed E-state index contributed by atoms with van der Waals surface area (Å²) in [4.78, 5) is 4.33. The van der Waals surface area contributed by atoms with Crippen molar-refractivity contribution < 1.29 is 0 Å². The fraction of sp³-hybridized carbons (Fsp3) is 0.500. The number of aryl methyl sites for hydroxylation is 1. The van der Waals surface area contributed by atoms with Gasteiger partial charge in [0.1, 0.15) is 5.82 Å². The Morgan fingerprint density at radius 3 is 2.59 bits per heavy atom. The van der Waals surface area contributed by atoms with Gasteiger partial charge in [-0.25, -0.2) is 4.98 Å². The number of aromatic nitrogens is 4. The van der Waals surface area contributed by atoms with Crippen molar-refractivity contribution in [3.05, 3.63) is 30.6 Å². The van der Waals surface area contributed by atoms with Crippen LogP contribution in [0.5, 0.6) is 0 Å². The smallest absolute Gasteiger partial charge is 0.130 e. The lowest BCUT2D eigenvalue weighted by Gasteiger charge is -2.13. The van der Waals surface area contributed by atoms with Crippen LogP contribution in [0.3, 0.4) is 0 Å². The molecule has 0 radical (unpaired) electrons. The second kappa shape index (κ2) is 4.61. The predicted octanol–water partition coefficient (Wildman–Crippen LogP) is 2.37. The summed E-state index contributed by atoms with van der Waals surface area (Å²) in [7, 11) is 2.00. The standard InChI is InChI=1S/C12H19N5/c1-9(2)17-8-11(7-14-17)15-10(3)12-13-5-6-16(12)4/h5-10,15H,1-4H3. The molecule has 5 nitrogen and oxygen atoms in total. The number of hydrogen-bond acceptors (Lipinski definition) is 3. The first-order valence-corrected chi connectivity index (χ1v) is 5.86. The van der Waals surface area contributed by atoms with Crippen LogP contribution < -0.4 is 5.32 Å². The molecule has 1 unspecified atom stereocenters. The van der Waals surface area contributed by atoms with Gasteiger partial charge in [-0.15, -0.1) is 0 Å². The molecule has 92 valence electrons. The Hall–Kier alpha value is -1.78. The molecular formula is C12H19N5. The lowest BCUT2D eigenvalue weighted by molar-refractivity contribution is 0.532. The van der Waals surface area contributed by atoms with Gasteiger partial charge in [0.25, 0.3) is 0 Å². The highest BCUT2D eigenvalue weighted by molar-refractivity contribution is 5.40. The van der Waals surface area contributed by atoms with Crippen LogP contribution in [0.1, 0.15) is 38.7 Å². The molecular weight excluding hydrogens is 214 g/mol. The third-order valence-corrected chi connectivity index (χ3v) is 2.76. The van der Waals surface area contributed by atoms with Gasteiger partial charge in [-0.3, -0.25) is 4.68 Å². The Balaban J connectivity index is 2.08. The van der Waals surface area contributed by atoms with Crippen LogP contribution in [0.25, 0.3) is 0 Å². The number of rotatable bonds is 4. The fourth-order valence-electron chi connectivity index (χ4n) is 1.80. The molecule has 0 aromatic carbocycles. The number of nitrogens with one attached hydrogen (secondary N) is 1. The minimum atomic E-state index is 0.166. The zero-order valence-electron chi connectivity index (χ0n) is 10.8. The van der Waals surface area contributed by atoms with E-state index < -0.39 is 0 Å². The molecule has 0 bridgehead atoms. The fourth-order valence-corrected chi connectivity index (χ4v) is 1.80. The normalized spacial score (nSPS) is 13.0. The van der Waals surface area contributed by atoms with Crippen molar-refractivity contribution in [2.24, 2.45) is 7.05 Å². The zero-order valence-corrected chi connectivity index (χ0v) is 10.8. The molecule has 0 amide bonds. The Bertz CT molecular complexity index is 483. The molecule has 2 aromatic heterocycles. The first-order chi connectivity index (χ1) is 8.08. The molecule has 0 aliphatic heterocycles. The third-order valence-electron chi connectivity index (χ3n) is 2.76. The summed E-state index contributed by atoms with van der Waals surface area (Å²) >= 11 is 0. The maximum absolute atomic E-state index is 4.33. The second-order valence-corrected chi connectivity index (χ2v) is 4.57. The second-order valence-electron chi connectivity index (χ2n) is 4.57. The average molecular weight is 233 g/mol. The van der Waals surface area contributed by atoms with E-state index in [1.165, 1.54) is 0 Å². The largest absolute Gasteiger partial charge is 0.373 e. The third kappa shape index (κ3) is 2.49. The molecule has 0 spiro atoms. The molecule has 2 aromatic rings. The first kappa shape index (κ1) is 11.7. The molecule has 0 saturated carbocycles. The van der Waals surface area contributed by atoms with Gasteiger partial charge in [-0.2, -0.15) is 5.10 Å². The Morgan fingerprint density at radius 2 is 2.06 bits per heavy atom. The Labute approximate surface area is 101 Å². The quantitative estimate of drug-likeness (QED) is 0.882. The van der Waals surface area contributed by atoms with Crippen LogP contribution in [0, 0.1) is 0 Å². The molecule has 0 saturated heterocycles. The highest BCUT2D eigenvalue weighted by Gasteiger charge is 2.11. The van der Waals surface area contributed by atoms with E-state index in [0.717, 1.165) is 11.5 Å². The van der Waals surface area contributed by atoms with E-state index in [1.807, 2.05) is 41.1 Å². The average Bonchev–Trinajstić information content (AvgIpc) is 2.86. The van der Waals surface area contributed by atoms with Gasteiger partial charge in [-0.1, -0.05) is 0 Å². The number of anilines is 1. The van der Waals surface area contributed by atoms with Crippen molar-refractivity contribution in [1.82, 2.24) is 19.3 Å². The van der Waals surface area contributed by atoms with Crippen LogP contribution in [0.4, 0.5) is 5.69 Å². The zero-order chi connectivity index (χ0) is 12.4. The highest BCUT2D eigenvalue weighted by Crippen LogP contribution is 2.17. The summed E-state index contributed by atoms with van der Waals surface area (Å²) in [6.45, 7) is 6.31. The van der Waals surface area contributed by atoms with Gasteiger partial charge in [0.2, 0.25) is 0 Å². The number of imidazole rings is 1. The monoisotopic (exact) mass is 233 g/mol. The molecule has 17 heavy (non-hydrogen) atoms. The number of hydrogen-bond donors (Lipinski definition) is 1. The maximum atomic E-state index is 4.33. The molecule has 0 aliphatic carbocycles. The van der Waals surface area contributed by atoms with Crippen molar-refractivity contribution in [1.29, 1.82) is 0 Å². The van der Waals surface area contributed by atoms with Gasteiger partial charge in [-0.05, 0) is 20.8 Å². The molecule has 2 heterocycles. The lowest BCUT2D eigenvalue weighted by atomic mass is 10.3. The van der Waals surface area contributed by atoms with E-state index in [0.29, 0.717) is 6.04 Å². The van der Waals surface area contributed by atoms with Crippen LogP contribution in [0.15, 0.2) is 24.8 Å². The maximum Gasteiger partial charge on any atom is 0.130 e. The molecule has 5 heteroatoms. The summed E-state index contributed by atoms with van der Waals surface area (Å²) in [6, 6.07) is 0.550. The van der Waals surface area contributed by atoms with Crippen molar-refractivity contribution in [3.8, 4) is 0 Å². The summed E-state index contributed by atoms with van der Waals surface area (Å²) in [5.74, 6) is 1.02. The van der Waals surface area contributed by atoms with Crippen molar-refractivity contribution >= 4 is 5.69 Å². The summed E-state index contributed by atoms with van der Waals surface area (Å²) in [5.41, 5.74) is 1.02. The molecule has 0 fully saturated rings.